The predicted molar refractivity (Wildman–Crippen MR) is 216 cm³/mol. The molecule has 0 aliphatic heterocycles. The van der Waals surface area contributed by atoms with Gasteiger partial charge in [0.05, 0.1) is 0 Å². The lowest BCUT2D eigenvalue weighted by molar-refractivity contribution is -0.00857. The maximum Gasteiger partial charge on any atom is 0.193 e. The first-order chi connectivity index (χ1) is 26.2. The molecule has 2 aromatic rings. The summed E-state index contributed by atoms with van der Waals surface area (Å²) < 4.78 is 0. The van der Waals surface area contributed by atoms with Gasteiger partial charge < -0.3 is 0 Å². The van der Waals surface area contributed by atoms with E-state index in [0.29, 0.717) is 27.4 Å². The molecule has 0 amide bonds. The fourth-order valence-electron chi connectivity index (χ4n) is 20.8. The molecule has 16 fully saturated rings. The second kappa shape index (κ2) is 10.8. The van der Waals surface area contributed by atoms with Crippen LogP contribution in [0.5, 0.6) is 0 Å². The van der Waals surface area contributed by atoms with E-state index in [1.807, 2.05) is 0 Å². The fourth-order valence-corrected chi connectivity index (χ4v) is 20.8. The average molecular weight is 719 g/mol. The van der Waals surface area contributed by atoms with Crippen LogP contribution in [0.2, 0.25) is 0 Å². The summed E-state index contributed by atoms with van der Waals surface area (Å²) in [5.74, 6) is 11.5. The topological polar surface area (TPSA) is 17.1 Å². The van der Waals surface area contributed by atoms with Gasteiger partial charge in [-0.05, 0) is 293 Å². The Morgan fingerprint density at radius 3 is 0.630 bits per heavy atom. The molecule has 16 bridgehead atoms. The van der Waals surface area contributed by atoms with Gasteiger partial charge in [0.15, 0.2) is 5.78 Å². The Hall–Kier alpha value is -1.89. The second-order valence-electron chi connectivity index (χ2n) is 24.7. The number of ketones is 1. The molecule has 1 nitrogen and oxygen atoms in total. The van der Waals surface area contributed by atoms with Gasteiger partial charge in [-0.1, -0.05) is 12.1 Å². The molecule has 0 unspecified atom stereocenters. The molecule has 54 heavy (non-hydrogen) atoms. The normalized spacial score (nSPS) is 52.1. The highest BCUT2D eigenvalue weighted by atomic mass is 16.1. The molecule has 16 saturated carbocycles. The zero-order chi connectivity index (χ0) is 35.2. The van der Waals surface area contributed by atoms with Crippen LogP contribution in [-0.4, -0.2) is 5.78 Å². The van der Waals surface area contributed by atoms with E-state index < -0.39 is 0 Å². The van der Waals surface area contributed by atoms with Crippen molar-refractivity contribution in [3.05, 3.63) is 69.8 Å². The van der Waals surface area contributed by atoms with Gasteiger partial charge in [-0.3, -0.25) is 4.79 Å². The minimum Gasteiger partial charge on any atom is -0.289 e. The van der Waals surface area contributed by atoms with Gasteiger partial charge in [0, 0.05) is 11.1 Å². The van der Waals surface area contributed by atoms with E-state index in [2.05, 4.69) is 36.4 Å². The predicted octanol–water partition coefficient (Wildman–Crippen LogP) is 12.8. The van der Waals surface area contributed by atoms with E-state index in [9.17, 15) is 0 Å². The van der Waals surface area contributed by atoms with Crippen molar-refractivity contribution in [1.29, 1.82) is 0 Å². The first kappa shape index (κ1) is 32.1. The van der Waals surface area contributed by atoms with Crippen molar-refractivity contribution < 1.29 is 4.79 Å². The maximum atomic E-state index is 15.8. The number of rotatable bonds is 6. The van der Waals surface area contributed by atoms with Gasteiger partial charge in [0.1, 0.15) is 0 Å². The van der Waals surface area contributed by atoms with E-state index in [-0.39, 0.29) is 0 Å². The standard InChI is InChI=1S/C53H66O/c54-49(43-13-45(50-19-31-1-32(20-50)3-33(2-31)21-50)17-46(14-43)51-22-34-4-35(23-51)6-36(5-34)24-51)44-15-47(52-25-37-7-38(26-52)9-39(8-37)27-52)18-48(16-44)53-28-40-10-41(29-53)12-42(11-40)30-53/h13-18,31-42H,1-12,19-30H2. The van der Waals surface area contributed by atoms with Crippen LogP contribution in [0.3, 0.4) is 0 Å². The summed E-state index contributed by atoms with van der Waals surface area (Å²) in [5, 5.41) is 0. The SMILES string of the molecule is O=C(c1cc(C23CC4CC(CC(C4)C2)C3)cc(C23CC4CC(CC(C4)C2)C3)c1)c1cc(C23CC4CC(CC(C4)C2)C3)cc(C23CC4CC(CC(C4)C2)C3)c1. The van der Waals surface area contributed by atoms with Crippen molar-refractivity contribution in [1.82, 2.24) is 0 Å². The summed E-state index contributed by atoms with van der Waals surface area (Å²) >= 11 is 0. The van der Waals surface area contributed by atoms with Gasteiger partial charge >= 0.3 is 0 Å². The molecule has 0 aromatic heterocycles. The summed E-state index contributed by atoms with van der Waals surface area (Å²) in [4.78, 5) is 15.8. The zero-order valence-corrected chi connectivity index (χ0v) is 33.3. The molecule has 18 rings (SSSR count). The lowest BCUT2D eigenvalue weighted by Crippen LogP contribution is -2.50. The smallest absolute Gasteiger partial charge is 0.193 e. The molecule has 0 N–H and O–H groups in total. The van der Waals surface area contributed by atoms with Crippen LogP contribution in [0.4, 0.5) is 0 Å². The van der Waals surface area contributed by atoms with Gasteiger partial charge in [0.2, 0.25) is 0 Å². The third-order valence-corrected chi connectivity index (χ3v) is 21.0. The van der Waals surface area contributed by atoms with Crippen molar-refractivity contribution in [3.8, 4) is 0 Å². The Kier molecular flexibility index (Phi) is 6.41. The van der Waals surface area contributed by atoms with Crippen LogP contribution in [0, 0.1) is 71.0 Å². The summed E-state index contributed by atoms with van der Waals surface area (Å²) in [6.45, 7) is 0. The Labute approximate surface area is 326 Å². The average Bonchev–Trinajstić information content (AvgIpc) is 3.12. The highest BCUT2D eigenvalue weighted by Gasteiger charge is 2.57. The molecule has 284 valence electrons. The van der Waals surface area contributed by atoms with E-state index >= 15 is 4.79 Å². The van der Waals surface area contributed by atoms with Crippen LogP contribution in [-0.2, 0) is 21.7 Å². The minimum atomic E-state index is 0.327. The van der Waals surface area contributed by atoms with Crippen LogP contribution >= 0.6 is 0 Å². The summed E-state index contributed by atoms with van der Waals surface area (Å²) in [5.41, 5.74) is 9.98. The summed E-state index contributed by atoms with van der Waals surface area (Å²) in [6, 6.07) is 15.7. The second-order valence-corrected chi connectivity index (χ2v) is 24.7. The Bertz CT molecular complexity index is 1540. The van der Waals surface area contributed by atoms with Crippen LogP contribution in [0.15, 0.2) is 36.4 Å². The largest absolute Gasteiger partial charge is 0.289 e. The van der Waals surface area contributed by atoms with Crippen LogP contribution in [0.1, 0.15) is 192 Å². The van der Waals surface area contributed by atoms with Gasteiger partial charge in [-0.2, -0.15) is 0 Å². The number of hydrogen-bond donors (Lipinski definition) is 0. The third kappa shape index (κ3) is 4.60. The van der Waals surface area contributed by atoms with E-state index in [1.165, 1.54) is 154 Å². The molecule has 0 heterocycles. The lowest BCUT2D eigenvalue weighted by atomic mass is 9.46. The monoisotopic (exact) mass is 719 g/mol. The van der Waals surface area contributed by atoms with Crippen molar-refractivity contribution >= 4 is 5.78 Å². The van der Waals surface area contributed by atoms with Gasteiger partial charge in [0.25, 0.3) is 0 Å². The number of carbonyl (C=O) groups is 1. The summed E-state index contributed by atoms with van der Waals surface area (Å²) in [6.07, 6.45) is 34.6. The molecule has 16 aliphatic carbocycles. The molecular weight excluding hydrogens is 653 g/mol. The molecule has 0 saturated heterocycles. The van der Waals surface area contributed by atoms with E-state index in [1.54, 1.807) is 22.3 Å². The molecule has 2 aromatic carbocycles. The van der Waals surface area contributed by atoms with Gasteiger partial charge in [-0.25, -0.2) is 0 Å². The maximum absolute atomic E-state index is 15.8. The molecule has 0 spiro atoms. The summed E-state index contributed by atoms with van der Waals surface area (Å²) in [7, 11) is 0. The fraction of sp³-hybridized carbons (Fsp3) is 0.755. The number of benzene rings is 2. The number of hydrogen-bond acceptors (Lipinski definition) is 1. The first-order valence-electron chi connectivity index (χ1n) is 24.1. The molecular formula is C53H66O. The van der Waals surface area contributed by atoms with Crippen molar-refractivity contribution in [2.75, 3.05) is 0 Å². The highest BCUT2D eigenvalue weighted by Crippen LogP contribution is 2.66. The first-order valence-corrected chi connectivity index (χ1v) is 24.1. The van der Waals surface area contributed by atoms with Crippen molar-refractivity contribution in [2.45, 2.75) is 176 Å². The molecule has 1 heteroatoms. The Balaban J connectivity index is 0.925. The Morgan fingerprint density at radius 1 is 0.296 bits per heavy atom. The van der Waals surface area contributed by atoms with Crippen LogP contribution < -0.4 is 0 Å². The molecule has 16 aliphatic rings. The van der Waals surface area contributed by atoms with Crippen molar-refractivity contribution in [2.24, 2.45) is 71.0 Å². The van der Waals surface area contributed by atoms with E-state index in [4.69, 9.17) is 0 Å². The number of carbonyl (C=O) groups excluding carboxylic acids is 1. The third-order valence-electron chi connectivity index (χ3n) is 21.0. The molecule has 0 radical (unpaired) electrons. The van der Waals surface area contributed by atoms with E-state index in [0.717, 1.165) is 82.1 Å². The van der Waals surface area contributed by atoms with Crippen LogP contribution in [0.25, 0.3) is 0 Å². The lowest BCUT2D eigenvalue weighted by Gasteiger charge is -2.58. The Morgan fingerprint density at radius 2 is 0.463 bits per heavy atom. The van der Waals surface area contributed by atoms with Gasteiger partial charge in [-0.15, -0.1) is 0 Å². The molecule has 0 atom stereocenters. The zero-order valence-electron chi connectivity index (χ0n) is 33.3. The van der Waals surface area contributed by atoms with Crippen molar-refractivity contribution in [3.63, 3.8) is 0 Å². The highest BCUT2D eigenvalue weighted by molar-refractivity contribution is 6.09. The minimum absolute atomic E-state index is 0.327. The quantitative estimate of drug-likeness (QED) is 0.272.